The first-order valence-corrected chi connectivity index (χ1v) is 4.94. The summed E-state index contributed by atoms with van der Waals surface area (Å²) in [7, 11) is 1.55. The van der Waals surface area contributed by atoms with Crippen molar-refractivity contribution < 1.29 is 9.58 Å². The highest BCUT2D eigenvalue weighted by Crippen LogP contribution is 2.16. The number of ether oxygens (including phenoxy) is 1. The SMILES string of the molecule is CCNc1nc2ccc(OC)cc2[n+]([O-])n1. The van der Waals surface area contributed by atoms with Crippen LogP contribution in [0.4, 0.5) is 5.95 Å². The maximum Gasteiger partial charge on any atom is 0.290 e. The zero-order valence-electron chi connectivity index (χ0n) is 9.10. The molecule has 0 aliphatic heterocycles. The van der Waals surface area contributed by atoms with Crippen molar-refractivity contribution in [1.82, 2.24) is 10.1 Å². The van der Waals surface area contributed by atoms with Gasteiger partial charge in [0, 0.05) is 6.54 Å². The number of anilines is 1. The van der Waals surface area contributed by atoms with Gasteiger partial charge in [0.1, 0.15) is 11.3 Å². The Hall–Kier alpha value is -2.11. The van der Waals surface area contributed by atoms with Crippen molar-refractivity contribution in [1.29, 1.82) is 0 Å². The topological polar surface area (TPSA) is 74.0 Å². The largest absolute Gasteiger partial charge is 0.594 e. The summed E-state index contributed by atoms with van der Waals surface area (Å²) in [4.78, 5) is 4.75. The first kappa shape index (κ1) is 10.4. The highest BCUT2D eigenvalue weighted by atomic mass is 16.5. The lowest BCUT2D eigenvalue weighted by molar-refractivity contribution is -0.641. The van der Waals surface area contributed by atoms with Crippen molar-refractivity contribution in [3.8, 4) is 5.75 Å². The van der Waals surface area contributed by atoms with Crippen LogP contribution >= 0.6 is 0 Å². The van der Waals surface area contributed by atoms with Crippen molar-refractivity contribution >= 4 is 17.0 Å². The second-order valence-corrected chi connectivity index (χ2v) is 3.19. The number of nitrogens with one attached hydrogen (secondary N) is 1. The standard InChI is InChI=1S/C10H12N4O2/c1-3-11-10-12-8-5-4-7(16-2)6-9(8)14(15)13-10/h4-6H,3H2,1-2H3,(H,11,12,13). The molecule has 1 N–H and O–H groups in total. The number of benzene rings is 1. The molecule has 1 aromatic carbocycles. The fraction of sp³-hybridized carbons (Fsp3) is 0.300. The fourth-order valence-electron chi connectivity index (χ4n) is 1.39. The van der Waals surface area contributed by atoms with Gasteiger partial charge in [-0.1, -0.05) is 0 Å². The molecular weight excluding hydrogens is 208 g/mol. The molecule has 0 spiro atoms. The van der Waals surface area contributed by atoms with E-state index in [4.69, 9.17) is 4.74 Å². The Morgan fingerprint density at radius 2 is 2.31 bits per heavy atom. The molecule has 0 saturated heterocycles. The fourth-order valence-corrected chi connectivity index (χ4v) is 1.39. The maximum atomic E-state index is 11.6. The van der Waals surface area contributed by atoms with E-state index >= 15 is 0 Å². The Balaban J connectivity index is 2.57. The molecular formula is C10H12N4O2. The molecule has 1 aromatic heterocycles. The number of hydrogen-bond acceptors (Lipinski definition) is 5. The van der Waals surface area contributed by atoms with Gasteiger partial charge in [-0.15, -0.1) is 0 Å². The molecule has 6 nitrogen and oxygen atoms in total. The van der Waals surface area contributed by atoms with Crippen molar-refractivity contribution in [2.75, 3.05) is 19.0 Å². The van der Waals surface area contributed by atoms with Crippen molar-refractivity contribution in [3.05, 3.63) is 23.4 Å². The van der Waals surface area contributed by atoms with Crippen LogP contribution in [0.3, 0.4) is 0 Å². The van der Waals surface area contributed by atoms with Gasteiger partial charge >= 0.3 is 0 Å². The van der Waals surface area contributed by atoms with E-state index in [-0.39, 0.29) is 0 Å². The van der Waals surface area contributed by atoms with E-state index in [1.807, 2.05) is 6.92 Å². The van der Waals surface area contributed by atoms with Gasteiger partial charge < -0.3 is 15.3 Å². The van der Waals surface area contributed by atoms with Crippen LogP contribution in [0.5, 0.6) is 5.75 Å². The average molecular weight is 220 g/mol. The number of methoxy groups -OCH3 is 1. The van der Waals surface area contributed by atoms with Gasteiger partial charge in [-0.2, -0.15) is 0 Å². The second-order valence-electron chi connectivity index (χ2n) is 3.19. The maximum absolute atomic E-state index is 11.6. The van der Waals surface area contributed by atoms with Gasteiger partial charge in [-0.05, 0) is 23.9 Å². The molecule has 84 valence electrons. The molecule has 16 heavy (non-hydrogen) atoms. The van der Waals surface area contributed by atoms with E-state index in [0.717, 1.165) is 0 Å². The third-order valence-corrected chi connectivity index (χ3v) is 2.14. The number of aromatic nitrogens is 3. The Labute approximate surface area is 92.5 Å². The monoisotopic (exact) mass is 220 g/mol. The summed E-state index contributed by atoms with van der Waals surface area (Å²) in [6.07, 6.45) is 0. The van der Waals surface area contributed by atoms with Crippen LogP contribution in [-0.2, 0) is 0 Å². The van der Waals surface area contributed by atoms with E-state index < -0.39 is 0 Å². The van der Waals surface area contributed by atoms with Crippen molar-refractivity contribution in [2.24, 2.45) is 0 Å². The third-order valence-electron chi connectivity index (χ3n) is 2.14. The zero-order chi connectivity index (χ0) is 11.5. The predicted octanol–water partition coefficient (Wildman–Crippen LogP) is 0.704. The van der Waals surface area contributed by atoms with E-state index in [1.54, 1.807) is 25.3 Å². The average Bonchev–Trinajstić information content (AvgIpc) is 2.29. The van der Waals surface area contributed by atoms with Crippen LogP contribution in [0, 0.1) is 5.21 Å². The van der Waals surface area contributed by atoms with E-state index in [2.05, 4.69) is 15.4 Å². The zero-order valence-corrected chi connectivity index (χ0v) is 9.10. The van der Waals surface area contributed by atoms with Crippen LogP contribution < -0.4 is 14.9 Å². The molecule has 0 saturated carbocycles. The molecule has 6 heteroatoms. The molecule has 0 aliphatic carbocycles. The minimum atomic E-state index is 0.329. The lowest BCUT2D eigenvalue weighted by Gasteiger charge is -2.04. The predicted molar refractivity (Wildman–Crippen MR) is 59.2 cm³/mol. The number of fused-ring (bicyclic) bond motifs is 1. The van der Waals surface area contributed by atoms with Crippen LogP contribution in [0.1, 0.15) is 6.92 Å². The quantitative estimate of drug-likeness (QED) is 0.609. The molecule has 0 unspecified atom stereocenters. The summed E-state index contributed by atoms with van der Waals surface area (Å²) in [5.41, 5.74) is 0.975. The molecule has 0 atom stereocenters. The molecule has 2 aromatic rings. The minimum absolute atomic E-state index is 0.329. The molecule has 2 rings (SSSR count). The lowest BCUT2D eigenvalue weighted by atomic mass is 10.3. The number of hydrogen-bond donors (Lipinski definition) is 1. The first-order chi connectivity index (χ1) is 7.74. The smallest absolute Gasteiger partial charge is 0.290 e. The van der Waals surface area contributed by atoms with Crippen molar-refractivity contribution in [2.45, 2.75) is 6.92 Å². The normalized spacial score (nSPS) is 10.4. The van der Waals surface area contributed by atoms with Gasteiger partial charge in [0.2, 0.25) is 0 Å². The van der Waals surface area contributed by atoms with Gasteiger partial charge in [0.15, 0.2) is 0 Å². The number of nitrogens with zero attached hydrogens (tertiary/aromatic N) is 3. The van der Waals surface area contributed by atoms with Gasteiger partial charge in [0.25, 0.3) is 11.5 Å². The van der Waals surface area contributed by atoms with Gasteiger partial charge in [-0.25, -0.2) is 4.98 Å². The molecule has 0 fully saturated rings. The summed E-state index contributed by atoms with van der Waals surface area (Å²) in [5.74, 6) is 0.937. The Morgan fingerprint density at radius 1 is 1.50 bits per heavy atom. The number of rotatable bonds is 3. The van der Waals surface area contributed by atoms with Crippen molar-refractivity contribution in [3.63, 3.8) is 0 Å². The van der Waals surface area contributed by atoms with E-state index in [9.17, 15) is 5.21 Å². The molecule has 1 heterocycles. The molecule has 0 bridgehead atoms. The van der Waals surface area contributed by atoms with E-state index in [0.29, 0.717) is 34.1 Å². The first-order valence-electron chi connectivity index (χ1n) is 4.94. The van der Waals surface area contributed by atoms with Gasteiger partial charge in [0.05, 0.1) is 18.3 Å². The van der Waals surface area contributed by atoms with E-state index in [1.165, 1.54) is 0 Å². The Kier molecular flexibility index (Phi) is 2.72. The molecule has 0 aliphatic rings. The van der Waals surface area contributed by atoms with Crippen LogP contribution in [0.2, 0.25) is 0 Å². The van der Waals surface area contributed by atoms with Crippen LogP contribution in [0.15, 0.2) is 18.2 Å². The molecule has 0 amide bonds. The summed E-state index contributed by atoms with van der Waals surface area (Å²) in [5, 5.41) is 18.3. The summed E-state index contributed by atoms with van der Waals surface area (Å²) >= 11 is 0. The minimum Gasteiger partial charge on any atom is -0.594 e. The molecule has 0 radical (unpaired) electrons. The summed E-state index contributed by atoms with van der Waals surface area (Å²) in [6.45, 7) is 2.58. The highest BCUT2D eigenvalue weighted by Gasteiger charge is 2.11. The lowest BCUT2D eigenvalue weighted by Crippen LogP contribution is -2.33. The van der Waals surface area contributed by atoms with Gasteiger partial charge in [-0.3, -0.25) is 0 Å². The Bertz CT molecular complexity index is 515. The highest BCUT2D eigenvalue weighted by molar-refractivity contribution is 5.73. The third kappa shape index (κ3) is 1.81. The second kappa shape index (κ2) is 4.18. The Morgan fingerprint density at radius 3 is 3.00 bits per heavy atom. The van der Waals surface area contributed by atoms with Crippen LogP contribution in [-0.4, -0.2) is 23.7 Å². The summed E-state index contributed by atoms with van der Waals surface area (Å²) < 4.78 is 5.03. The summed E-state index contributed by atoms with van der Waals surface area (Å²) in [6, 6.07) is 5.09. The van der Waals surface area contributed by atoms with Crippen LogP contribution in [0.25, 0.3) is 11.0 Å².